The highest BCUT2D eigenvalue weighted by molar-refractivity contribution is 5.92. The lowest BCUT2D eigenvalue weighted by atomic mass is 9.91. The fourth-order valence-corrected chi connectivity index (χ4v) is 3.14. The average Bonchev–Trinajstić information content (AvgIpc) is 3.11. The zero-order valence-electron chi connectivity index (χ0n) is 17.2. The second kappa shape index (κ2) is 8.67. The first kappa shape index (κ1) is 21.8. The van der Waals surface area contributed by atoms with E-state index in [1.54, 1.807) is 6.07 Å². The fraction of sp³-hybridized carbons (Fsp3) is 0.476. The highest BCUT2D eigenvalue weighted by Crippen LogP contribution is 2.27. The normalized spacial score (nSPS) is 14.1. The third-order valence-electron chi connectivity index (χ3n) is 4.78. The van der Waals surface area contributed by atoms with Crippen molar-refractivity contribution in [2.45, 2.75) is 65.0 Å². The maximum absolute atomic E-state index is 13.4. The van der Waals surface area contributed by atoms with Gasteiger partial charge in [0.15, 0.2) is 5.69 Å². The van der Waals surface area contributed by atoms with Crippen molar-refractivity contribution in [1.29, 1.82) is 0 Å². The summed E-state index contributed by atoms with van der Waals surface area (Å²) < 4.78 is 1.22. The molecule has 3 N–H and O–H groups in total. The van der Waals surface area contributed by atoms with E-state index in [1.165, 1.54) is 4.68 Å². The molecule has 152 valence electrons. The van der Waals surface area contributed by atoms with Crippen LogP contribution in [-0.2, 0) is 5.41 Å². The Bertz CT molecular complexity index is 824. The van der Waals surface area contributed by atoms with Gasteiger partial charge < -0.3 is 10.9 Å². The Morgan fingerprint density at radius 3 is 2.36 bits per heavy atom. The Morgan fingerprint density at radius 1 is 1.25 bits per heavy atom. The molecular weight excluding hydrogens is 356 g/mol. The molecule has 0 spiro atoms. The summed E-state index contributed by atoms with van der Waals surface area (Å²) in [5.41, 5.74) is 6.45. The first-order valence-corrected chi connectivity index (χ1v) is 9.54. The number of primary amides is 1. The van der Waals surface area contributed by atoms with Crippen LogP contribution in [0.3, 0.4) is 0 Å². The lowest BCUT2D eigenvalue weighted by Gasteiger charge is -2.31. The van der Waals surface area contributed by atoms with E-state index in [0.717, 1.165) is 10.6 Å². The quantitative estimate of drug-likeness (QED) is 0.709. The Kier molecular flexibility index (Phi) is 6.74. The van der Waals surface area contributed by atoms with E-state index in [0.29, 0.717) is 18.5 Å². The number of aromatic nitrogens is 2. The largest absolute Gasteiger partial charge is 0.364 e. The molecule has 0 aliphatic rings. The minimum Gasteiger partial charge on any atom is -0.364 e. The summed E-state index contributed by atoms with van der Waals surface area (Å²) in [7, 11) is 0. The van der Waals surface area contributed by atoms with Gasteiger partial charge in [0.25, 0.3) is 11.8 Å². The summed E-state index contributed by atoms with van der Waals surface area (Å²) in [6, 6.07) is 9.85. The molecule has 1 aromatic heterocycles. The molecule has 1 aromatic carbocycles. The van der Waals surface area contributed by atoms with Crippen LogP contribution in [0.15, 0.2) is 36.4 Å². The molecule has 1 amide bonds. The van der Waals surface area contributed by atoms with Gasteiger partial charge in [-0.25, -0.2) is 4.68 Å². The number of benzene rings is 1. The highest BCUT2D eigenvalue weighted by atomic mass is 16.5. The van der Waals surface area contributed by atoms with Gasteiger partial charge in [0.05, 0.1) is 11.7 Å². The molecule has 2 aromatic rings. The van der Waals surface area contributed by atoms with E-state index in [-0.39, 0.29) is 17.6 Å². The molecule has 0 saturated carbocycles. The van der Waals surface area contributed by atoms with E-state index in [9.17, 15) is 14.8 Å². The van der Waals surface area contributed by atoms with Crippen molar-refractivity contribution in [3.8, 4) is 0 Å². The Hall–Kier alpha value is -2.51. The van der Waals surface area contributed by atoms with Crippen LogP contribution < -0.4 is 5.73 Å². The molecule has 0 fully saturated rings. The molecule has 0 aliphatic carbocycles. The topological polar surface area (TPSA) is 101 Å². The average molecular weight is 386 g/mol. The summed E-state index contributed by atoms with van der Waals surface area (Å²) in [5, 5.41) is 16.1. The van der Waals surface area contributed by atoms with Gasteiger partial charge in [0, 0.05) is 5.41 Å². The Balaban J connectivity index is 2.44. The van der Waals surface area contributed by atoms with Crippen molar-refractivity contribution in [3.63, 3.8) is 0 Å². The number of hydrogen-bond donors (Lipinski definition) is 2. The first-order valence-electron chi connectivity index (χ1n) is 9.54. The summed E-state index contributed by atoms with van der Waals surface area (Å²) in [5.74, 6) is -1.08. The van der Waals surface area contributed by atoms with Crippen LogP contribution in [0.5, 0.6) is 0 Å². The van der Waals surface area contributed by atoms with E-state index < -0.39 is 17.4 Å². The van der Waals surface area contributed by atoms with Crippen LogP contribution in [0.25, 0.3) is 0 Å². The lowest BCUT2D eigenvalue weighted by Crippen LogP contribution is -2.44. The van der Waals surface area contributed by atoms with Crippen LogP contribution in [0.1, 0.15) is 80.0 Å². The highest BCUT2D eigenvalue weighted by Gasteiger charge is 2.34. The summed E-state index contributed by atoms with van der Waals surface area (Å²) in [6.45, 7) is 9.57. The van der Waals surface area contributed by atoms with Gasteiger partial charge in [-0.2, -0.15) is 10.2 Å². The third kappa shape index (κ3) is 4.66. The van der Waals surface area contributed by atoms with Crippen LogP contribution in [0, 0.1) is 0 Å². The van der Waals surface area contributed by atoms with Gasteiger partial charge in [-0.05, 0) is 25.0 Å². The number of nitrogens with zero attached hydrogens (tertiary/aromatic N) is 3. The lowest BCUT2D eigenvalue weighted by molar-refractivity contribution is -0.148. The minimum atomic E-state index is -0.804. The number of hydrogen-bond acceptors (Lipinski definition) is 5. The summed E-state index contributed by atoms with van der Waals surface area (Å²) in [6.07, 6.45) is 1.14. The monoisotopic (exact) mass is 386 g/mol. The smallest absolute Gasteiger partial charge is 0.269 e. The molecule has 1 heterocycles. The maximum atomic E-state index is 13.4. The molecule has 0 aliphatic heterocycles. The first-order chi connectivity index (χ1) is 13.1. The number of carbonyl (C=O) groups is 2. The molecule has 0 saturated heterocycles. The molecule has 0 radical (unpaired) electrons. The van der Waals surface area contributed by atoms with Gasteiger partial charge in [0.2, 0.25) is 0 Å². The van der Waals surface area contributed by atoms with Gasteiger partial charge >= 0.3 is 0 Å². The second-order valence-corrected chi connectivity index (χ2v) is 8.05. The molecule has 2 rings (SSSR count). The zero-order chi connectivity index (χ0) is 21.1. The van der Waals surface area contributed by atoms with E-state index in [4.69, 9.17) is 5.73 Å². The SMILES string of the molecule is CCC[C@@H](C(=O)n1nc(C(N)=O)cc1C(C)(C)C)N(O)[C@@H](C)c1ccccc1. The molecule has 7 nitrogen and oxygen atoms in total. The summed E-state index contributed by atoms with van der Waals surface area (Å²) >= 11 is 0. The standard InChI is InChI=1S/C21H30N4O3/c1-6-10-17(25(28)14(2)15-11-8-7-9-12-15)20(27)24-18(21(3,4)5)13-16(23-24)19(22)26/h7-9,11-14,17,28H,6,10H2,1-5H3,(H2,22,26)/t14-,17-/m0/s1. The second-order valence-electron chi connectivity index (χ2n) is 8.05. The van der Waals surface area contributed by atoms with E-state index in [2.05, 4.69) is 5.10 Å². The third-order valence-corrected chi connectivity index (χ3v) is 4.78. The summed E-state index contributed by atoms with van der Waals surface area (Å²) in [4.78, 5) is 25.0. The molecule has 2 atom stereocenters. The minimum absolute atomic E-state index is 0.0362. The van der Waals surface area contributed by atoms with Crippen molar-refractivity contribution >= 4 is 11.8 Å². The molecule has 0 bridgehead atoms. The van der Waals surface area contributed by atoms with E-state index in [1.807, 2.05) is 65.0 Å². The van der Waals surface area contributed by atoms with Gasteiger partial charge in [0.1, 0.15) is 6.04 Å². The van der Waals surface area contributed by atoms with Crippen LogP contribution in [0.2, 0.25) is 0 Å². The fourth-order valence-electron chi connectivity index (χ4n) is 3.14. The molecule has 28 heavy (non-hydrogen) atoms. The van der Waals surface area contributed by atoms with Crippen molar-refractivity contribution in [1.82, 2.24) is 14.8 Å². The van der Waals surface area contributed by atoms with Gasteiger partial charge in [-0.15, -0.1) is 0 Å². The van der Waals surface area contributed by atoms with E-state index >= 15 is 0 Å². The Morgan fingerprint density at radius 2 is 1.86 bits per heavy atom. The molecule has 7 heteroatoms. The number of nitrogens with two attached hydrogens (primary N) is 1. The zero-order valence-corrected chi connectivity index (χ0v) is 17.2. The predicted octanol–water partition coefficient (Wildman–Crippen LogP) is 3.54. The van der Waals surface area contributed by atoms with Crippen LogP contribution >= 0.6 is 0 Å². The number of hydroxylamine groups is 2. The van der Waals surface area contributed by atoms with Crippen LogP contribution in [-0.4, -0.2) is 37.9 Å². The van der Waals surface area contributed by atoms with Crippen LogP contribution in [0.4, 0.5) is 0 Å². The van der Waals surface area contributed by atoms with Crippen molar-refractivity contribution < 1.29 is 14.8 Å². The molecular formula is C21H30N4O3. The predicted molar refractivity (Wildman–Crippen MR) is 107 cm³/mol. The Labute approximate surface area is 166 Å². The van der Waals surface area contributed by atoms with Crippen molar-refractivity contribution in [2.75, 3.05) is 0 Å². The van der Waals surface area contributed by atoms with Gasteiger partial charge in [-0.1, -0.05) is 64.4 Å². The van der Waals surface area contributed by atoms with Gasteiger partial charge in [-0.3, -0.25) is 9.59 Å². The van der Waals surface area contributed by atoms with Crippen molar-refractivity contribution in [3.05, 3.63) is 53.3 Å². The number of carbonyl (C=O) groups excluding carboxylic acids is 2. The number of rotatable bonds is 7. The maximum Gasteiger partial charge on any atom is 0.269 e. The van der Waals surface area contributed by atoms with Crippen molar-refractivity contribution in [2.24, 2.45) is 5.73 Å². The number of amides is 1. The molecule has 0 unspecified atom stereocenters.